The van der Waals surface area contributed by atoms with Gasteiger partial charge in [0.05, 0.1) is 37.3 Å². The molecule has 0 aliphatic heterocycles. The molecule has 0 aliphatic carbocycles. The normalized spacial score (nSPS) is 10.4. The number of aromatic nitrogens is 2. The van der Waals surface area contributed by atoms with Crippen LogP contribution in [-0.4, -0.2) is 65.5 Å². The van der Waals surface area contributed by atoms with E-state index in [-0.39, 0.29) is 50.2 Å². The minimum absolute atomic E-state index is 0.00240. The van der Waals surface area contributed by atoms with Gasteiger partial charge < -0.3 is 24.3 Å². The summed E-state index contributed by atoms with van der Waals surface area (Å²) in [4.78, 5) is 45.7. The second kappa shape index (κ2) is 10.7. The first-order valence-corrected chi connectivity index (χ1v) is 9.19. The number of esters is 1. The summed E-state index contributed by atoms with van der Waals surface area (Å²) in [6.07, 6.45) is 2.63. The van der Waals surface area contributed by atoms with Crippen molar-refractivity contribution in [1.82, 2.24) is 14.9 Å². The molecule has 0 aromatic carbocycles. The van der Waals surface area contributed by atoms with Crippen LogP contribution in [0.4, 0.5) is 17.3 Å². The molecule has 0 bridgehead atoms. The van der Waals surface area contributed by atoms with Gasteiger partial charge in [-0.1, -0.05) is 0 Å². The Labute approximate surface area is 173 Å². The third kappa shape index (κ3) is 6.15. The van der Waals surface area contributed by atoms with Crippen LogP contribution in [0.5, 0.6) is 0 Å². The minimum Gasteiger partial charge on any atom is -0.467 e. The van der Waals surface area contributed by atoms with Crippen LogP contribution in [0.25, 0.3) is 0 Å². The molecule has 0 saturated carbocycles. The molecule has 12 heteroatoms. The fraction of sp³-hybridized carbons (Fsp3) is 0.444. The maximum atomic E-state index is 11.8. The number of furan rings is 1. The van der Waals surface area contributed by atoms with Crippen molar-refractivity contribution < 1.29 is 23.7 Å². The monoisotopic (exact) mass is 420 g/mol. The average Bonchev–Trinajstić information content (AvgIpc) is 3.22. The van der Waals surface area contributed by atoms with E-state index in [4.69, 9.17) is 9.15 Å². The molecular weight excluding hydrogens is 396 g/mol. The van der Waals surface area contributed by atoms with Crippen LogP contribution in [0.3, 0.4) is 0 Å². The van der Waals surface area contributed by atoms with Gasteiger partial charge in [0.15, 0.2) is 0 Å². The molecule has 2 aromatic heterocycles. The number of rotatable bonds is 11. The Bertz CT molecular complexity index is 870. The fourth-order valence-electron chi connectivity index (χ4n) is 2.53. The van der Waals surface area contributed by atoms with Crippen molar-refractivity contribution in [1.29, 1.82) is 0 Å². The predicted octanol–water partition coefficient (Wildman–Crippen LogP) is 1.44. The van der Waals surface area contributed by atoms with Crippen molar-refractivity contribution in [3.63, 3.8) is 0 Å². The van der Waals surface area contributed by atoms with E-state index < -0.39 is 16.6 Å². The van der Waals surface area contributed by atoms with Gasteiger partial charge >= 0.3 is 11.7 Å². The summed E-state index contributed by atoms with van der Waals surface area (Å²) in [7, 11) is 3.15. The van der Waals surface area contributed by atoms with Gasteiger partial charge in [-0.2, -0.15) is 0 Å². The summed E-state index contributed by atoms with van der Waals surface area (Å²) in [6.45, 7) is 2.00. The molecular formula is C18H24N6O6. The lowest BCUT2D eigenvalue weighted by molar-refractivity contribution is -0.383. The van der Waals surface area contributed by atoms with Crippen molar-refractivity contribution in [2.75, 3.05) is 44.0 Å². The van der Waals surface area contributed by atoms with E-state index in [1.54, 1.807) is 33.2 Å². The van der Waals surface area contributed by atoms with Crippen LogP contribution < -0.4 is 10.2 Å². The molecule has 0 radical (unpaired) electrons. The predicted molar refractivity (Wildman–Crippen MR) is 107 cm³/mol. The molecule has 0 fully saturated rings. The van der Waals surface area contributed by atoms with Crippen LogP contribution in [0.15, 0.2) is 29.1 Å². The molecule has 0 spiro atoms. The van der Waals surface area contributed by atoms with Gasteiger partial charge in [0.1, 0.15) is 12.1 Å². The van der Waals surface area contributed by atoms with E-state index in [2.05, 4.69) is 15.3 Å². The fourth-order valence-corrected chi connectivity index (χ4v) is 2.53. The first-order chi connectivity index (χ1) is 14.3. The molecule has 162 valence electrons. The van der Waals surface area contributed by atoms with E-state index in [0.29, 0.717) is 5.76 Å². The number of nitrogens with zero attached hydrogens (tertiary/aromatic N) is 5. The largest absolute Gasteiger partial charge is 0.467 e. The number of carbonyl (C=O) groups excluding carboxylic acids is 2. The molecule has 2 aromatic rings. The highest BCUT2D eigenvalue weighted by atomic mass is 16.6. The molecule has 2 rings (SSSR count). The first-order valence-electron chi connectivity index (χ1n) is 9.19. The van der Waals surface area contributed by atoms with Crippen molar-refractivity contribution >= 4 is 29.2 Å². The highest BCUT2D eigenvalue weighted by molar-refractivity contribution is 5.82. The standard InChI is InChI=1S/C18H24N6O6/c1-4-29-15(26)7-8-23(11-13-6-5-9-30-13)18-16(24(27)28)17(20-12-21-18)19-10-14(25)22(2)3/h5-6,9,12H,4,7-8,10-11H2,1-3H3,(H,19,20,21). The minimum atomic E-state index is -0.628. The Morgan fingerprint density at radius 1 is 1.33 bits per heavy atom. The average molecular weight is 420 g/mol. The third-order valence-electron chi connectivity index (χ3n) is 4.01. The summed E-state index contributed by atoms with van der Waals surface area (Å²) in [5.74, 6) is -0.284. The van der Waals surface area contributed by atoms with Crippen LogP contribution in [0.1, 0.15) is 19.1 Å². The summed E-state index contributed by atoms with van der Waals surface area (Å²) in [5.41, 5.74) is -0.403. The molecule has 0 aliphatic rings. The SMILES string of the molecule is CCOC(=O)CCN(Cc1ccco1)c1ncnc(NCC(=O)N(C)C)c1[N+](=O)[O-]. The zero-order valence-electron chi connectivity index (χ0n) is 17.0. The van der Waals surface area contributed by atoms with Crippen molar-refractivity contribution in [3.8, 4) is 0 Å². The maximum Gasteiger partial charge on any atom is 0.353 e. The first kappa shape index (κ1) is 22.6. The van der Waals surface area contributed by atoms with E-state index in [9.17, 15) is 19.7 Å². The highest BCUT2D eigenvalue weighted by Gasteiger charge is 2.28. The van der Waals surface area contributed by atoms with E-state index in [1.165, 1.54) is 16.1 Å². The number of amides is 1. The Morgan fingerprint density at radius 3 is 2.70 bits per heavy atom. The van der Waals surface area contributed by atoms with E-state index >= 15 is 0 Å². The number of likely N-dealkylation sites (N-methyl/N-ethyl adjacent to an activating group) is 1. The topological polar surface area (TPSA) is 144 Å². The van der Waals surface area contributed by atoms with Crippen molar-refractivity contribution in [3.05, 3.63) is 40.6 Å². The van der Waals surface area contributed by atoms with Gasteiger partial charge in [0.2, 0.25) is 17.5 Å². The molecule has 0 saturated heterocycles. The zero-order chi connectivity index (χ0) is 22.1. The van der Waals surface area contributed by atoms with Crippen molar-refractivity contribution in [2.45, 2.75) is 19.9 Å². The van der Waals surface area contributed by atoms with Gasteiger partial charge in [0, 0.05) is 20.6 Å². The molecule has 12 nitrogen and oxygen atoms in total. The number of hydrogen-bond acceptors (Lipinski definition) is 10. The van der Waals surface area contributed by atoms with Gasteiger partial charge in [-0.3, -0.25) is 19.7 Å². The lowest BCUT2D eigenvalue weighted by atomic mass is 10.3. The van der Waals surface area contributed by atoms with E-state index in [0.717, 1.165) is 6.33 Å². The summed E-state index contributed by atoms with van der Waals surface area (Å²) < 4.78 is 10.3. The number of hydrogen-bond donors (Lipinski definition) is 1. The van der Waals surface area contributed by atoms with Crippen LogP contribution in [0.2, 0.25) is 0 Å². The van der Waals surface area contributed by atoms with Crippen LogP contribution in [0, 0.1) is 10.1 Å². The lowest BCUT2D eigenvalue weighted by Gasteiger charge is -2.22. The molecule has 1 N–H and O–H groups in total. The Kier molecular flexibility index (Phi) is 8.08. The van der Waals surface area contributed by atoms with Gasteiger partial charge in [-0.15, -0.1) is 0 Å². The summed E-state index contributed by atoms with van der Waals surface area (Å²) >= 11 is 0. The van der Waals surface area contributed by atoms with Gasteiger partial charge in [-0.05, 0) is 19.1 Å². The molecule has 2 heterocycles. The second-order valence-corrected chi connectivity index (χ2v) is 6.35. The lowest BCUT2D eigenvalue weighted by Crippen LogP contribution is -2.30. The Morgan fingerprint density at radius 2 is 2.10 bits per heavy atom. The van der Waals surface area contributed by atoms with Crippen LogP contribution >= 0.6 is 0 Å². The number of carbonyl (C=O) groups is 2. The summed E-state index contributed by atoms with van der Waals surface area (Å²) in [5, 5.41) is 14.5. The number of nitrogens with one attached hydrogen (secondary N) is 1. The molecule has 0 unspecified atom stereocenters. The number of anilines is 2. The molecule has 1 amide bonds. The van der Waals surface area contributed by atoms with Crippen molar-refractivity contribution in [2.24, 2.45) is 0 Å². The van der Waals surface area contributed by atoms with Gasteiger partial charge in [0.25, 0.3) is 0 Å². The quantitative estimate of drug-likeness (QED) is 0.322. The second-order valence-electron chi connectivity index (χ2n) is 6.35. The maximum absolute atomic E-state index is 11.8. The van der Waals surface area contributed by atoms with Crippen LogP contribution in [-0.2, 0) is 20.9 Å². The zero-order valence-corrected chi connectivity index (χ0v) is 17.0. The molecule has 0 atom stereocenters. The molecule has 30 heavy (non-hydrogen) atoms. The number of ether oxygens (including phenoxy) is 1. The highest BCUT2D eigenvalue weighted by Crippen LogP contribution is 2.32. The Hall–Kier alpha value is -3.70. The van der Waals surface area contributed by atoms with E-state index in [1.807, 2.05) is 0 Å². The smallest absolute Gasteiger partial charge is 0.353 e. The number of nitro groups is 1. The third-order valence-corrected chi connectivity index (χ3v) is 4.01. The Balaban J connectivity index is 2.34. The summed E-state index contributed by atoms with van der Waals surface area (Å²) in [6, 6.07) is 3.40. The van der Waals surface area contributed by atoms with Gasteiger partial charge in [-0.25, -0.2) is 9.97 Å².